The molecule has 0 saturated carbocycles. The summed E-state index contributed by atoms with van der Waals surface area (Å²) in [5, 5.41) is 16.0. The minimum absolute atomic E-state index is 0.0127. The van der Waals surface area contributed by atoms with Crippen molar-refractivity contribution in [3.63, 3.8) is 0 Å². The zero-order valence-electron chi connectivity index (χ0n) is 11.2. The third kappa shape index (κ3) is 5.90. The molecule has 21 heavy (non-hydrogen) atoms. The number of hydrogen-bond donors (Lipinski definition) is 4. The lowest BCUT2D eigenvalue weighted by molar-refractivity contribution is -0.139. The van der Waals surface area contributed by atoms with Crippen molar-refractivity contribution < 1.29 is 23.1 Å². The van der Waals surface area contributed by atoms with Gasteiger partial charge in [-0.25, -0.2) is 13.6 Å². The van der Waals surface area contributed by atoms with Gasteiger partial charge in [-0.15, -0.1) is 0 Å². The molecule has 0 radical (unpaired) electrons. The number of primary sulfonamides is 1. The Balaban J connectivity index is 2.46. The van der Waals surface area contributed by atoms with E-state index in [4.69, 9.17) is 16.0 Å². The number of carbonyl (C=O) groups excluding carboxylic acids is 1. The summed E-state index contributed by atoms with van der Waals surface area (Å²) >= 11 is 0. The number of aliphatic carboxylic acids is 1. The number of amides is 1. The van der Waals surface area contributed by atoms with Crippen LogP contribution in [0.15, 0.2) is 29.2 Å². The molecule has 0 aromatic heterocycles. The Labute approximate surface area is 122 Å². The number of hydrogen-bond acceptors (Lipinski definition) is 5. The Morgan fingerprint density at radius 2 is 1.81 bits per heavy atom. The number of nitrogens with two attached hydrogens (primary N) is 2. The maximum atomic E-state index is 11.5. The van der Waals surface area contributed by atoms with E-state index in [0.717, 1.165) is 5.56 Å². The summed E-state index contributed by atoms with van der Waals surface area (Å²) in [6.07, 6.45) is 0.0192. The van der Waals surface area contributed by atoms with Crippen LogP contribution < -0.4 is 16.2 Å². The second-order valence-electron chi connectivity index (χ2n) is 4.43. The van der Waals surface area contributed by atoms with E-state index in [9.17, 15) is 18.0 Å². The van der Waals surface area contributed by atoms with Crippen LogP contribution in [0, 0.1) is 0 Å². The van der Waals surface area contributed by atoms with E-state index in [1.54, 1.807) is 12.1 Å². The van der Waals surface area contributed by atoms with Crippen LogP contribution in [-0.2, 0) is 26.0 Å². The molecule has 9 heteroatoms. The third-order valence-corrected chi connectivity index (χ3v) is 3.63. The van der Waals surface area contributed by atoms with E-state index in [2.05, 4.69) is 5.32 Å². The first-order valence-corrected chi connectivity index (χ1v) is 7.61. The predicted octanol–water partition coefficient (Wildman–Crippen LogP) is -1.21. The molecule has 0 unspecified atom stereocenters. The molecular weight excluding hydrogens is 298 g/mol. The number of nitrogens with one attached hydrogen (secondary N) is 1. The van der Waals surface area contributed by atoms with Gasteiger partial charge < -0.3 is 16.2 Å². The minimum atomic E-state index is -3.72. The van der Waals surface area contributed by atoms with E-state index >= 15 is 0 Å². The fourth-order valence-corrected chi connectivity index (χ4v) is 2.10. The van der Waals surface area contributed by atoms with Crippen LogP contribution >= 0.6 is 0 Å². The molecule has 116 valence electrons. The highest BCUT2D eigenvalue weighted by Crippen LogP contribution is 2.08. The maximum Gasteiger partial charge on any atom is 0.305 e. The average Bonchev–Trinajstić information content (AvgIpc) is 2.37. The van der Waals surface area contributed by atoms with Crippen molar-refractivity contribution >= 4 is 21.9 Å². The number of rotatable bonds is 7. The Morgan fingerprint density at radius 1 is 1.24 bits per heavy atom. The van der Waals surface area contributed by atoms with Crippen molar-refractivity contribution in [3.8, 4) is 0 Å². The van der Waals surface area contributed by atoms with Crippen LogP contribution in [0.1, 0.15) is 12.0 Å². The van der Waals surface area contributed by atoms with Crippen molar-refractivity contribution in [2.45, 2.75) is 23.8 Å². The summed E-state index contributed by atoms with van der Waals surface area (Å²) < 4.78 is 22.1. The lowest BCUT2D eigenvalue weighted by atomic mass is 10.1. The molecule has 1 aromatic rings. The van der Waals surface area contributed by atoms with Crippen LogP contribution in [0.4, 0.5) is 0 Å². The fourth-order valence-electron chi connectivity index (χ4n) is 1.59. The number of carboxylic acids is 1. The number of carbonyl (C=O) groups is 2. The van der Waals surface area contributed by atoms with Gasteiger partial charge in [0.2, 0.25) is 15.9 Å². The van der Waals surface area contributed by atoms with Gasteiger partial charge >= 0.3 is 5.97 Å². The molecule has 6 N–H and O–H groups in total. The van der Waals surface area contributed by atoms with Gasteiger partial charge in [0.05, 0.1) is 17.4 Å². The Kier molecular flexibility index (Phi) is 5.82. The molecule has 0 heterocycles. The van der Waals surface area contributed by atoms with Gasteiger partial charge in [0.25, 0.3) is 0 Å². The predicted molar refractivity (Wildman–Crippen MR) is 74.8 cm³/mol. The monoisotopic (exact) mass is 315 g/mol. The molecule has 1 amide bonds. The number of sulfonamides is 1. The van der Waals surface area contributed by atoms with Crippen molar-refractivity contribution in [1.29, 1.82) is 0 Å². The smallest absolute Gasteiger partial charge is 0.305 e. The summed E-state index contributed by atoms with van der Waals surface area (Å²) in [7, 11) is -3.72. The summed E-state index contributed by atoms with van der Waals surface area (Å²) in [5.74, 6) is -1.69. The molecule has 0 aliphatic rings. The second kappa shape index (κ2) is 7.16. The number of carboxylic acid groups (broad SMARTS) is 1. The quantitative estimate of drug-likeness (QED) is 0.495. The molecule has 0 fully saturated rings. The van der Waals surface area contributed by atoms with Crippen LogP contribution in [0.5, 0.6) is 0 Å². The molecule has 0 saturated heterocycles. The summed E-state index contributed by atoms with van der Waals surface area (Å²) in [5.41, 5.74) is 6.19. The first-order valence-electron chi connectivity index (χ1n) is 6.07. The van der Waals surface area contributed by atoms with Gasteiger partial charge in [0.1, 0.15) is 0 Å². The van der Waals surface area contributed by atoms with E-state index in [0.29, 0.717) is 6.42 Å². The summed E-state index contributed by atoms with van der Waals surface area (Å²) in [6.45, 7) is 0.265. The van der Waals surface area contributed by atoms with Crippen molar-refractivity contribution in [3.05, 3.63) is 29.8 Å². The maximum absolute atomic E-state index is 11.5. The molecule has 0 aliphatic carbocycles. The van der Waals surface area contributed by atoms with Gasteiger partial charge in [-0.2, -0.15) is 0 Å². The average molecular weight is 315 g/mol. The molecular formula is C12H17N3O5S. The minimum Gasteiger partial charge on any atom is -0.481 e. The SMILES string of the molecule is N[C@@H](CC(=O)O)C(=O)NCCc1ccc(S(N)(=O)=O)cc1. The van der Waals surface area contributed by atoms with E-state index in [1.807, 2.05) is 0 Å². The molecule has 1 atom stereocenters. The first-order chi connectivity index (χ1) is 9.70. The van der Waals surface area contributed by atoms with Gasteiger partial charge in [-0.1, -0.05) is 12.1 Å². The summed E-state index contributed by atoms with van der Waals surface area (Å²) in [4.78, 5) is 21.9. The lowest BCUT2D eigenvalue weighted by Gasteiger charge is -2.10. The third-order valence-electron chi connectivity index (χ3n) is 2.70. The van der Waals surface area contributed by atoms with Gasteiger partial charge in [-0.05, 0) is 24.1 Å². The fraction of sp³-hybridized carbons (Fsp3) is 0.333. The molecule has 0 spiro atoms. The molecule has 1 aromatic carbocycles. The second-order valence-corrected chi connectivity index (χ2v) is 6.00. The van der Waals surface area contributed by atoms with Crippen molar-refractivity contribution in [2.24, 2.45) is 10.9 Å². The molecule has 1 rings (SSSR count). The van der Waals surface area contributed by atoms with Gasteiger partial charge in [0.15, 0.2) is 0 Å². The topological polar surface area (TPSA) is 153 Å². The normalized spacial score (nSPS) is 12.7. The van der Waals surface area contributed by atoms with Gasteiger partial charge in [-0.3, -0.25) is 9.59 Å². The first kappa shape index (κ1) is 17.1. The van der Waals surface area contributed by atoms with Crippen molar-refractivity contribution in [1.82, 2.24) is 5.32 Å². The van der Waals surface area contributed by atoms with E-state index in [1.165, 1.54) is 12.1 Å². The zero-order chi connectivity index (χ0) is 16.0. The van der Waals surface area contributed by atoms with Crippen LogP contribution in [0.2, 0.25) is 0 Å². The Bertz CT molecular complexity index is 612. The highest BCUT2D eigenvalue weighted by atomic mass is 32.2. The lowest BCUT2D eigenvalue weighted by Crippen LogP contribution is -2.42. The van der Waals surface area contributed by atoms with Crippen LogP contribution in [-0.4, -0.2) is 38.0 Å². The molecule has 8 nitrogen and oxygen atoms in total. The number of benzene rings is 1. The van der Waals surface area contributed by atoms with Gasteiger partial charge in [0, 0.05) is 6.54 Å². The zero-order valence-corrected chi connectivity index (χ0v) is 12.0. The highest BCUT2D eigenvalue weighted by Gasteiger charge is 2.16. The Morgan fingerprint density at radius 3 is 2.29 bits per heavy atom. The standard InChI is InChI=1S/C12H17N3O5S/c13-10(7-11(16)17)12(18)15-6-5-8-1-3-9(4-2-8)21(14,19)20/h1-4,10H,5-7,13H2,(H,15,18)(H,16,17)(H2,14,19,20)/t10-/m0/s1. The van der Waals surface area contributed by atoms with E-state index in [-0.39, 0.29) is 11.4 Å². The van der Waals surface area contributed by atoms with E-state index < -0.39 is 34.4 Å². The van der Waals surface area contributed by atoms with Crippen LogP contribution in [0.3, 0.4) is 0 Å². The van der Waals surface area contributed by atoms with Crippen molar-refractivity contribution in [2.75, 3.05) is 6.54 Å². The largest absolute Gasteiger partial charge is 0.481 e. The molecule has 0 aliphatic heterocycles. The van der Waals surface area contributed by atoms with Crippen LogP contribution in [0.25, 0.3) is 0 Å². The summed E-state index contributed by atoms with van der Waals surface area (Å²) in [6, 6.07) is 4.84. The Hall–Kier alpha value is -1.97. The highest BCUT2D eigenvalue weighted by molar-refractivity contribution is 7.89. The molecule has 0 bridgehead atoms.